The number of Topliss-reactive ketones (excluding diaryl/α,β-unsaturated/α-hetero) is 2. The van der Waals surface area contributed by atoms with Gasteiger partial charge in [0, 0.05) is 16.8 Å². The number of amides is 1. The average molecular weight is 374 g/mol. The number of aromatic nitrogens is 1. The first-order valence-electron chi connectivity index (χ1n) is 8.13. The molecule has 0 fully saturated rings. The Bertz CT molecular complexity index is 900. The summed E-state index contributed by atoms with van der Waals surface area (Å²) in [5, 5.41) is 2.32. The fourth-order valence-electron chi connectivity index (χ4n) is 2.68. The van der Waals surface area contributed by atoms with Crippen LogP contribution in [0.4, 0.5) is 4.39 Å². The lowest BCUT2D eigenvalue weighted by molar-refractivity contribution is -0.141. The highest BCUT2D eigenvalue weighted by Crippen LogP contribution is 2.18. The fourth-order valence-corrected chi connectivity index (χ4v) is 2.68. The topological polar surface area (TPSA) is 105 Å². The summed E-state index contributed by atoms with van der Waals surface area (Å²) in [4.78, 5) is 50.2. The van der Waals surface area contributed by atoms with Gasteiger partial charge in [0.1, 0.15) is 12.4 Å². The maximum atomic E-state index is 12.8. The SMILES string of the molecule is CC(=O)c1c(C)[nH]c(C(=O)COC(=O)CNC(=O)c2ccc(F)cc2)c1C. The van der Waals surface area contributed by atoms with E-state index in [0.717, 1.165) is 12.1 Å². The van der Waals surface area contributed by atoms with Crippen molar-refractivity contribution >= 4 is 23.4 Å². The van der Waals surface area contributed by atoms with Crippen LogP contribution in [0, 0.1) is 19.7 Å². The van der Waals surface area contributed by atoms with Crippen LogP contribution in [0.5, 0.6) is 0 Å². The Kier molecular flexibility index (Phi) is 6.23. The van der Waals surface area contributed by atoms with Gasteiger partial charge in [-0.1, -0.05) is 0 Å². The Morgan fingerprint density at radius 1 is 1.11 bits per heavy atom. The van der Waals surface area contributed by atoms with Crippen molar-refractivity contribution in [2.24, 2.45) is 0 Å². The number of aryl methyl sites for hydroxylation is 1. The van der Waals surface area contributed by atoms with E-state index in [2.05, 4.69) is 10.3 Å². The third kappa shape index (κ3) is 4.87. The van der Waals surface area contributed by atoms with Crippen molar-refractivity contribution in [1.82, 2.24) is 10.3 Å². The van der Waals surface area contributed by atoms with Gasteiger partial charge >= 0.3 is 5.97 Å². The number of benzene rings is 1. The standard InChI is InChI=1S/C19H19FN2O5/c1-10-17(12(3)23)11(2)22-18(10)15(24)9-27-16(25)8-21-19(26)13-4-6-14(20)7-5-13/h4-7,22H,8-9H2,1-3H3,(H,21,26). The number of H-pyrrole nitrogens is 1. The molecule has 0 aliphatic rings. The summed E-state index contributed by atoms with van der Waals surface area (Å²) < 4.78 is 17.7. The van der Waals surface area contributed by atoms with Gasteiger partial charge < -0.3 is 15.0 Å². The first-order valence-corrected chi connectivity index (χ1v) is 8.13. The average Bonchev–Trinajstić information content (AvgIpc) is 2.92. The summed E-state index contributed by atoms with van der Waals surface area (Å²) in [6.07, 6.45) is 0. The number of hydrogen-bond donors (Lipinski definition) is 2. The molecule has 0 aliphatic heterocycles. The fraction of sp³-hybridized carbons (Fsp3) is 0.263. The van der Waals surface area contributed by atoms with Gasteiger partial charge in [-0.3, -0.25) is 19.2 Å². The van der Waals surface area contributed by atoms with Crippen LogP contribution in [0.1, 0.15) is 49.4 Å². The molecule has 0 atom stereocenters. The second-order valence-corrected chi connectivity index (χ2v) is 5.95. The normalized spacial score (nSPS) is 10.4. The summed E-state index contributed by atoms with van der Waals surface area (Å²) in [5.41, 5.74) is 1.92. The highest BCUT2D eigenvalue weighted by atomic mass is 19.1. The quantitative estimate of drug-likeness (QED) is 0.571. The molecule has 0 bridgehead atoms. The number of ketones is 2. The molecule has 8 heteroatoms. The molecule has 0 spiro atoms. The molecule has 0 saturated heterocycles. The molecule has 1 amide bonds. The predicted molar refractivity (Wildman–Crippen MR) is 94.3 cm³/mol. The predicted octanol–water partition coefficient (Wildman–Crippen LogP) is 2.13. The molecular formula is C19H19FN2O5. The largest absolute Gasteiger partial charge is 0.456 e. The zero-order valence-corrected chi connectivity index (χ0v) is 15.1. The van der Waals surface area contributed by atoms with E-state index < -0.39 is 36.6 Å². The van der Waals surface area contributed by atoms with Gasteiger partial charge in [-0.2, -0.15) is 0 Å². The maximum Gasteiger partial charge on any atom is 0.325 e. The molecule has 0 unspecified atom stereocenters. The van der Waals surface area contributed by atoms with Gasteiger partial charge in [0.25, 0.3) is 5.91 Å². The molecule has 0 radical (unpaired) electrons. The van der Waals surface area contributed by atoms with Crippen LogP contribution < -0.4 is 5.32 Å². The molecule has 0 aliphatic carbocycles. The third-order valence-electron chi connectivity index (χ3n) is 3.93. The Labute approximate surface area is 154 Å². The summed E-state index contributed by atoms with van der Waals surface area (Å²) >= 11 is 0. The van der Waals surface area contributed by atoms with Gasteiger partial charge in [0.15, 0.2) is 12.4 Å². The minimum Gasteiger partial charge on any atom is -0.456 e. The van der Waals surface area contributed by atoms with Crippen molar-refractivity contribution in [3.8, 4) is 0 Å². The molecule has 27 heavy (non-hydrogen) atoms. The monoisotopic (exact) mass is 374 g/mol. The number of carbonyl (C=O) groups is 4. The van der Waals surface area contributed by atoms with E-state index in [9.17, 15) is 23.6 Å². The number of rotatable bonds is 7. The molecule has 2 N–H and O–H groups in total. The summed E-state index contributed by atoms with van der Waals surface area (Å²) in [6.45, 7) is 3.76. The van der Waals surface area contributed by atoms with Crippen LogP contribution in [0.25, 0.3) is 0 Å². The van der Waals surface area contributed by atoms with E-state index in [1.807, 2.05) is 0 Å². The molecular weight excluding hydrogens is 355 g/mol. The zero-order chi connectivity index (χ0) is 20.1. The van der Waals surface area contributed by atoms with E-state index in [1.165, 1.54) is 19.1 Å². The number of carbonyl (C=O) groups excluding carboxylic acids is 4. The molecule has 2 aromatic rings. The molecule has 1 heterocycles. The van der Waals surface area contributed by atoms with Crippen LogP contribution in [-0.2, 0) is 9.53 Å². The Morgan fingerprint density at radius 3 is 2.30 bits per heavy atom. The zero-order valence-electron chi connectivity index (χ0n) is 15.1. The van der Waals surface area contributed by atoms with Crippen molar-refractivity contribution in [2.45, 2.75) is 20.8 Å². The summed E-state index contributed by atoms with van der Waals surface area (Å²) in [5.74, 6) is -2.50. The van der Waals surface area contributed by atoms with Gasteiger partial charge in [-0.05, 0) is 50.6 Å². The van der Waals surface area contributed by atoms with Crippen LogP contribution in [0.2, 0.25) is 0 Å². The lowest BCUT2D eigenvalue weighted by atomic mass is 10.1. The van der Waals surface area contributed by atoms with E-state index in [-0.39, 0.29) is 17.0 Å². The van der Waals surface area contributed by atoms with E-state index in [0.29, 0.717) is 16.8 Å². The van der Waals surface area contributed by atoms with Crippen LogP contribution in [0.3, 0.4) is 0 Å². The number of ether oxygens (including phenoxy) is 1. The Balaban J connectivity index is 1.87. The number of hydrogen-bond acceptors (Lipinski definition) is 5. The van der Waals surface area contributed by atoms with Gasteiger partial charge in [-0.25, -0.2) is 4.39 Å². The summed E-state index contributed by atoms with van der Waals surface area (Å²) in [6, 6.07) is 4.81. The number of halogens is 1. The third-order valence-corrected chi connectivity index (χ3v) is 3.93. The smallest absolute Gasteiger partial charge is 0.325 e. The second-order valence-electron chi connectivity index (χ2n) is 5.95. The van der Waals surface area contributed by atoms with Crippen molar-refractivity contribution in [3.63, 3.8) is 0 Å². The number of nitrogens with one attached hydrogen (secondary N) is 2. The van der Waals surface area contributed by atoms with Gasteiger partial charge in [0.2, 0.25) is 5.78 Å². The second kappa shape index (κ2) is 8.39. The lowest BCUT2D eigenvalue weighted by Crippen LogP contribution is -2.31. The molecule has 2 rings (SSSR count). The van der Waals surface area contributed by atoms with Gasteiger partial charge in [0.05, 0.1) is 5.69 Å². The highest BCUT2D eigenvalue weighted by Gasteiger charge is 2.20. The Hall–Kier alpha value is -3.29. The van der Waals surface area contributed by atoms with Crippen molar-refractivity contribution in [2.75, 3.05) is 13.2 Å². The highest BCUT2D eigenvalue weighted by molar-refractivity contribution is 6.04. The number of aromatic amines is 1. The van der Waals surface area contributed by atoms with E-state index in [1.54, 1.807) is 13.8 Å². The lowest BCUT2D eigenvalue weighted by Gasteiger charge is -2.06. The van der Waals surface area contributed by atoms with Gasteiger partial charge in [-0.15, -0.1) is 0 Å². The van der Waals surface area contributed by atoms with Crippen LogP contribution >= 0.6 is 0 Å². The van der Waals surface area contributed by atoms with Crippen LogP contribution in [0.15, 0.2) is 24.3 Å². The molecule has 0 saturated carbocycles. The molecule has 7 nitrogen and oxygen atoms in total. The van der Waals surface area contributed by atoms with Crippen molar-refractivity contribution in [3.05, 3.63) is 58.2 Å². The van der Waals surface area contributed by atoms with Crippen molar-refractivity contribution < 1.29 is 28.3 Å². The first-order chi connectivity index (χ1) is 12.7. The van der Waals surface area contributed by atoms with E-state index in [4.69, 9.17) is 4.74 Å². The Morgan fingerprint density at radius 2 is 1.74 bits per heavy atom. The number of esters is 1. The van der Waals surface area contributed by atoms with E-state index >= 15 is 0 Å². The molecule has 1 aromatic carbocycles. The first kappa shape index (κ1) is 20.0. The molecule has 1 aromatic heterocycles. The summed E-state index contributed by atoms with van der Waals surface area (Å²) in [7, 11) is 0. The van der Waals surface area contributed by atoms with Crippen LogP contribution in [-0.4, -0.2) is 41.6 Å². The molecule has 142 valence electrons. The van der Waals surface area contributed by atoms with Crippen molar-refractivity contribution in [1.29, 1.82) is 0 Å². The minimum atomic E-state index is -0.800. The maximum absolute atomic E-state index is 12.8. The minimum absolute atomic E-state index is 0.166.